The second kappa shape index (κ2) is 11.0. The number of hydrogen-bond acceptors (Lipinski definition) is 7. The molecular weight excluding hydrogens is 426 g/mol. The Labute approximate surface area is 189 Å². The predicted molar refractivity (Wildman–Crippen MR) is 122 cm³/mol. The lowest BCUT2D eigenvalue weighted by molar-refractivity contribution is -0.385. The van der Waals surface area contributed by atoms with Gasteiger partial charge in [0.1, 0.15) is 17.1 Å². The van der Waals surface area contributed by atoms with Gasteiger partial charge in [0.2, 0.25) is 0 Å². The van der Waals surface area contributed by atoms with Crippen LogP contribution in [0.2, 0.25) is 0 Å². The summed E-state index contributed by atoms with van der Waals surface area (Å²) in [5.41, 5.74) is 3.29. The first-order valence-electron chi connectivity index (χ1n) is 9.67. The van der Waals surface area contributed by atoms with E-state index in [4.69, 9.17) is 9.47 Å². The molecule has 0 saturated heterocycles. The number of nitro groups is 1. The number of benzene rings is 3. The highest BCUT2D eigenvalue weighted by Gasteiger charge is 2.18. The molecule has 0 bridgehead atoms. The number of esters is 1. The molecule has 9 nitrogen and oxygen atoms in total. The van der Waals surface area contributed by atoms with Crippen LogP contribution in [-0.2, 0) is 4.79 Å². The van der Waals surface area contributed by atoms with Gasteiger partial charge in [-0.05, 0) is 59.7 Å². The SMILES string of the molecule is COc1ccc(/C=C/C(=O)Oc2ccc(/C=N/NC(=O)c3ccccc3[N+](=O)[O-])cc2)cc1. The number of ether oxygens (including phenoxy) is 2. The maximum Gasteiger partial charge on any atom is 0.336 e. The Hall–Kier alpha value is -4.79. The van der Waals surface area contributed by atoms with Crippen LogP contribution in [0.5, 0.6) is 11.5 Å². The predicted octanol–water partition coefficient (Wildman–Crippen LogP) is 3.99. The van der Waals surface area contributed by atoms with E-state index in [2.05, 4.69) is 10.5 Å². The van der Waals surface area contributed by atoms with E-state index in [9.17, 15) is 19.7 Å². The van der Waals surface area contributed by atoms with Crippen LogP contribution in [0.25, 0.3) is 6.08 Å². The third-order valence-corrected chi connectivity index (χ3v) is 4.35. The molecule has 1 amide bonds. The summed E-state index contributed by atoms with van der Waals surface area (Å²) in [5.74, 6) is -0.184. The average Bonchev–Trinajstić information content (AvgIpc) is 2.84. The van der Waals surface area contributed by atoms with Crippen molar-refractivity contribution in [1.82, 2.24) is 5.43 Å². The molecule has 0 fully saturated rings. The number of carbonyl (C=O) groups excluding carboxylic acids is 2. The van der Waals surface area contributed by atoms with E-state index in [-0.39, 0.29) is 11.3 Å². The second-order valence-corrected chi connectivity index (χ2v) is 6.57. The van der Waals surface area contributed by atoms with Crippen LogP contribution in [0.15, 0.2) is 84.0 Å². The molecule has 0 aliphatic carbocycles. The fourth-order valence-electron chi connectivity index (χ4n) is 2.70. The van der Waals surface area contributed by atoms with Crippen molar-refractivity contribution >= 4 is 29.9 Å². The van der Waals surface area contributed by atoms with Gasteiger partial charge in [-0.2, -0.15) is 5.10 Å². The van der Waals surface area contributed by atoms with Gasteiger partial charge in [0.25, 0.3) is 11.6 Å². The average molecular weight is 445 g/mol. The molecule has 166 valence electrons. The van der Waals surface area contributed by atoms with Crippen molar-refractivity contribution in [2.45, 2.75) is 0 Å². The Morgan fingerprint density at radius 2 is 1.58 bits per heavy atom. The summed E-state index contributed by atoms with van der Waals surface area (Å²) >= 11 is 0. The number of hydrogen-bond donors (Lipinski definition) is 1. The molecule has 1 N–H and O–H groups in total. The Bertz CT molecular complexity index is 1200. The highest BCUT2D eigenvalue weighted by Crippen LogP contribution is 2.17. The molecule has 0 saturated carbocycles. The Balaban J connectivity index is 1.54. The number of methoxy groups -OCH3 is 1. The summed E-state index contributed by atoms with van der Waals surface area (Å²) in [4.78, 5) is 34.5. The molecular formula is C24H19N3O6. The first kappa shape index (κ1) is 22.9. The van der Waals surface area contributed by atoms with Gasteiger partial charge in [0, 0.05) is 12.1 Å². The van der Waals surface area contributed by atoms with Crippen molar-refractivity contribution in [1.29, 1.82) is 0 Å². The van der Waals surface area contributed by atoms with Crippen molar-refractivity contribution in [3.63, 3.8) is 0 Å². The van der Waals surface area contributed by atoms with Crippen LogP contribution in [0.4, 0.5) is 5.69 Å². The van der Waals surface area contributed by atoms with Crippen molar-refractivity contribution in [2.75, 3.05) is 7.11 Å². The third-order valence-electron chi connectivity index (χ3n) is 4.35. The highest BCUT2D eigenvalue weighted by atomic mass is 16.6. The topological polar surface area (TPSA) is 120 Å². The number of carbonyl (C=O) groups is 2. The molecule has 0 atom stereocenters. The standard InChI is InChI=1S/C24H19N3O6/c1-32-19-11-6-17(7-12-19)10-15-23(28)33-20-13-8-18(9-14-20)16-25-26-24(29)21-4-2-3-5-22(21)27(30)31/h2-16H,1H3,(H,26,29)/b15-10+,25-16+. The van der Waals surface area contributed by atoms with Crippen molar-refractivity contribution < 1.29 is 24.0 Å². The summed E-state index contributed by atoms with van der Waals surface area (Å²) in [6.45, 7) is 0. The number of rotatable bonds is 8. The lowest BCUT2D eigenvalue weighted by atomic mass is 10.2. The van der Waals surface area contributed by atoms with E-state index in [1.165, 1.54) is 36.6 Å². The van der Waals surface area contributed by atoms with Gasteiger partial charge in [-0.15, -0.1) is 0 Å². The summed E-state index contributed by atoms with van der Waals surface area (Å²) in [5, 5.41) is 14.8. The first-order valence-corrected chi connectivity index (χ1v) is 9.67. The number of para-hydroxylation sites is 1. The first-order chi connectivity index (χ1) is 16.0. The van der Waals surface area contributed by atoms with E-state index >= 15 is 0 Å². The minimum Gasteiger partial charge on any atom is -0.497 e. The molecule has 0 aromatic heterocycles. The Kier molecular flexibility index (Phi) is 7.63. The summed E-state index contributed by atoms with van der Waals surface area (Å²) in [6, 6.07) is 19.2. The second-order valence-electron chi connectivity index (χ2n) is 6.57. The lowest BCUT2D eigenvalue weighted by Crippen LogP contribution is -2.18. The number of hydrazone groups is 1. The maximum absolute atomic E-state index is 12.1. The van der Waals surface area contributed by atoms with Crippen LogP contribution in [0, 0.1) is 10.1 Å². The van der Waals surface area contributed by atoms with Crippen LogP contribution in [0.3, 0.4) is 0 Å². The molecule has 33 heavy (non-hydrogen) atoms. The zero-order valence-corrected chi connectivity index (χ0v) is 17.5. The molecule has 0 aliphatic rings. The van der Waals surface area contributed by atoms with Gasteiger partial charge in [0.05, 0.1) is 18.2 Å². The zero-order valence-electron chi connectivity index (χ0n) is 17.5. The largest absolute Gasteiger partial charge is 0.497 e. The van der Waals surface area contributed by atoms with E-state index in [1.54, 1.807) is 49.6 Å². The smallest absolute Gasteiger partial charge is 0.336 e. The van der Waals surface area contributed by atoms with Crippen LogP contribution >= 0.6 is 0 Å². The molecule has 0 radical (unpaired) electrons. The summed E-state index contributed by atoms with van der Waals surface area (Å²) in [7, 11) is 1.58. The minimum absolute atomic E-state index is 0.0930. The van der Waals surface area contributed by atoms with Gasteiger partial charge in [-0.25, -0.2) is 10.2 Å². The van der Waals surface area contributed by atoms with Gasteiger partial charge in [-0.3, -0.25) is 14.9 Å². The van der Waals surface area contributed by atoms with Gasteiger partial charge < -0.3 is 9.47 Å². The molecule has 0 spiro atoms. The highest BCUT2D eigenvalue weighted by molar-refractivity contribution is 5.98. The quantitative estimate of drug-likeness (QED) is 0.140. The summed E-state index contributed by atoms with van der Waals surface area (Å²) in [6.07, 6.45) is 4.31. The van der Waals surface area contributed by atoms with Gasteiger partial charge in [-0.1, -0.05) is 24.3 Å². The van der Waals surface area contributed by atoms with E-state index in [1.807, 2.05) is 12.1 Å². The van der Waals surface area contributed by atoms with Gasteiger partial charge in [0.15, 0.2) is 0 Å². The molecule has 3 aromatic carbocycles. The molecule has 9 heteroatoms. The number of nitro benzene ring substituents is 1. The van der Waals surface area contributed by atoms with E-state index < -0.39 is 16.8 Å². The van der Waals surface area contributed by atoms with Gasteiger partial charge >= 0.3 is 5.97 Å². The third kappa shape index (κ3) is 6.59. The Morgan fingerprint density at radius 3 is 2.24 bits per heavy atom. The van der Waals surface area contributed by atoms with Crippen molar-refractivity contribution in [2.24, 2.45) is 5.10 Å². The molecule has 0 unspecified atom stereocenters. The minimum atomic E-state index is -0.701. The normalized spacial score (nSPS) is 10.8. The fourth-order valence-corrected chi connectivity index (χ4v) is 2.70. The van der Waals surface area contributed by atoms with Crippen LogP contribution < -0.4 is 14.9 Å². The number of nitrogens with zero attached hydrogens (tertiary/aromatic N) is 2. The van der Waals surface area contributed by atoms with E-state index in [0.717, 1.165) is 11.3 Å². The number of nitrogens with one attached hydrogen (secondary N) is 1. The molecule has 3 rings (SSSR count). The Morgan fingerprint density at radius 1 is 0.939 bits per heavy atom. The summed E-state index contributed by atoms with van der Waals surface area (Å²) < 4.78 is 10.3. The number of amides is 1. The van der Waals surface area contributed by atoms with Crippen LogP contribution in [-0.4, -0.2) is 30.1 Å². The zero-order chi connectivity index (χ0) is 23.6. The fraction of sp³-hybridized carbons (Fsp3) is 0.0417. The molecule has 0 aliphatic heterocycles. The maximum atomic E-state index is 12.1. The van der Waals surface area contributed by atoms with Crippen molar-refractivity contribution in [3.8, 4) is 11.5 Å². The lowest BCUT2D eigenvalue weighted by Gasteiger charge is -2.03. The van der Waals surface area contributed by atoms with Crippen LogP contribution in [0.1, 0.15) is 21.5 Å². The molecule has 3 aromatic rings. The van der Waals surface area contributed by atoms with E-state index in [0.29, 0.717) is 11.3 Å². The molecule has 0 heterocycles. The monoisotopic (exact) mass is 445 g/mol. The van der Waals surface area contributed by atoms with Crippen molar-refractivity contribution in [3.05, 3.63) is 106 Å².